The summed E-state index contributed by atoms with van der Waals surface area (Å²) in [7, 11) is 1.69. The highest BCUT2D eigenvalue weighted by Crippen LogP contribution is 2.31. The van der Waals surface area contributed by atoms with E-state index in [1.165, 1.54) is 12.8 Å². The summed E-state index contributed by atoms with van der Waals surface area (Å²) in [5.41, 5.74) is 1.16. The first-order valence-corrected chi connectivity index (χ1v) is 6.82. The lowest BCUT2D eigenvalue weighted by Crippen LogP contribution is -2.13. The summed E-state index contributed by atoms with van der Waals surface area (Å²) in [5, 5.41) is 3.32. The van der Waals surface area contributed by atoms with Crippen LogP contribution >= 0.6 is 0 Å². The van der Waals surface area contributed by atoms with Gasteiger partial charge < -0.3 is 14.8 Å². The van der Waals surface area contributed by atoms with E-state index in [1.807, 2.05) is 12.1 Å². The van der Waals surface area contributed by atoms with Gasteiger partial charge in [-0.15, -0.1) is 0 Å². The van der Waals surface area contributed by atoms with Crippen molar-refractivity contribution in [2.75, 3.05) is 20.3 Å². The molecule has 0 radical (unpaired) electrons. The smallest absolute Gasteiger partial charge is 0.165 e. The van der Waals surface area contributed by atoms with Crippen molar-refractivity contribution in [2.24, 2.45) is 0 Å². The number of hydrogen-bond donors (Lipinski definition) is 1. The SMILES string of the molecule is CCCCCOc1c(CNCC)cccc1OC. The lowest BCUT2D eigenvalue weighted by molar-refractivity contribution is 0.282. The molecule has 102 valence electrons. The molecule has 1 aromatic carbocycles. The maximum absolute atomic E-state index is 5.89. The normalized spacial score (nSPS) is 10.4. The van der Waals surface area contributed by atoms with Gasteiger partial charge in [-0.05, 0) is 19.0 Å². The molecule has 0 spiro atoms. The van der Waals surface area contributed by atoms with Gasteiger partial charge >= 0.3 is 0 Å². The highest BCUT2D eigenvalue weighted by atomic mass is 16.5. The summed E-state index contributed by atoms with van der Waals surface area (Å²) in [6, 6.07) is 6.04. The van der Waals surface area contributed by atoms with Crippen LogP contribution in [0.5, 0.6) is 11.5 Å². The zero-order valence-electron chi connectivity index (χ0n) is 11.8. The summed E-state index contributed by atoms with van der Waals surface area (Å²) in [4.78, 5) is 0. The Morgan fingerprint density at radius 1 is 1.17 bits per heavy atom. The van der Waals surface area contributed by atoms with Crippen LogP contribution in [0.1, 0.15) is 38.7 Å². The molecule has 0 amide bonds. The molecule has 3 nitrogen and oxygen atoms in total. The number of ether oxygens (including phenoxy) is 2. The molecule has 0 aliphatic heterocycles. The Balaban J connectivity index is 2.69. The van der Waals surface area contributed by atoms with Crippen LogP contribution in [0.4, 0.5) is 0 Å². The largest absolute Gasteiger partial charge is 0.493 e. The molecular weight excluding hydrogens is 226 g/mol. The predicted molar refractivity (Wildman–Crippen MR) is 75.4 cm³/mol. The highest BCUT2D eigenvalue weighted by Gasteiger charge is 2.09. The molecule has 0 aromatic heterocycles. The molecule has 0 fully saturated rings. The monoisotopic (exact) mass is 251 g/mol. The van der Waals surface area contributed by atoms with Crippen molar-refractivity contribution in [3.05, 3.63) is 23.8 Å². The first-order valence-electron chi connectivity index (χ1n) is 6.82. The summed E-state index contributed by atoms with van der Waals surface area (Å²) < 4.78 is 11.3. The van der Waals surface area contributed by atoms with Gasteiger partial charge in [0.25, 0.3) is 0 Å². The molecule has 1 aromatic rings. The Labute approximate surface area is 110 Å². The fourth-order valence-electron chi connectivity index (χ4n) is 1.81. The van der Waals surface area contributed by atoms with Crippen molar-refractivity contribution in [2.45, 2.75) is 39.7 Å². The molecule has 0 saturated carbocycles. The van der Waals surface area contributed by atoms with Gasteiger partial charge in [-0.2, -0.15) is 0 Å². The molecule has 0 bridgehead atoms. The van der Waals surface area contributed by atoms with E-state index in [0.717, 1.165) is 43.2 Å². The Kier molecular flexibility index (Phi) is 7.26. The third kappa shape index (κ3) is 4.57. The van der Waals surface area contributed by atoms with E-state index in [2.05, 4.69) is 25.2 Å². The number of benzene rings is 1. The van der Waals surface area contributed by atoms with E-state index in [9.17, 15) is 0 Å². The number of rotatable bonds is 9. The van der Waals surface area contributed by atoms with Gasteiger partial charge in [0.1, 0.15) is 0 Å². The summed E-state index contributed by atoms with van der Waals surface area (Å²) in [5.74, 6) is 1.71. The van der Waals surface area contributed by atoms with Crippen LogP contribution in [0, 0.1) is 0 Å². The number of hydrogen-bond acceptors (Lipinski definition) is 3. The number of methoxy groups -OCH3 is 1. The summed E-state index contributed by atoms with van der Waals surface area (Å²) in [6.07, 6.45) is 3.51. The Bertz CT molecular complexity index is 339. The lowest BCUT2D eigenvalue weighted by atomic mass is 10.2. The topological polar surface area (TPSA) is 30.5 Å². The van der Waals surface area contributed by atoms with Crippen LogP contribution in [0.3, 0.4) is 0 Å². The maximum atomic E-state index is 5.89. The van der Waals surface area contributed by atoms with Crippen LogP contribution in [0.15, 0.2) is 18.2 Å². The second-order valence-electron chi connectivity index (χ2n) is 4.28. The van der Waals surface area contributed by atoms with E-state index in [-0.39, 0.29) is 0 Å². The van der Waals surface area contributed by atoms with Gasteiger partial charge in [0.2, 0.25) is 0 Å². The van der Waals surface area contributed by atoms with Crippen LogP contribution < -0.4 is 14.8 Å². The third-order valence-corrected chi connectivity index (χ3v) is 2.84. The molecule has 1 rings (SSSR count). The molecular formula is C15H25NO2. The van der Waals surface area contributed by atoms with Gasteiger partial charge in [0.15, 0.2) is 11.5 Å². The van der Waals surface area contributed by atoms with Gasteiger partial charge in [-0.1, -0.05) is 38.8 Å². The minimum absolute atomic E-state index is 0.757. The number of para-hydroxylation sites is 1. The highest BCUT2D eigenvalue weighted by molar-refractivity contribution is 5.46. The molecule has 0 aliphatic rings. The lowest BCUT2D eigenvalue weighted by Gasteiger charge is -2.15. The third-order valence-electron chi connectivity index (χ3n) is 2.84. The van der Waals surface area contributed by atoms with E-state index < -0.39 is 0 Å². The van der Waals surface area contributed by atoms with Crippen molar-refractivity contribution >= 4 is 0 Å². The summed E-state index contributed by atoms with van der Waals surface area (Å²) in [6.45, 7) is 6.82. The minimum Gasteiger partial charge on any atom is -0.493 e. The van der Waals surface area contributed by atoms with Crippen molar-refractivity contribution in [3.63, 3.8) is 0 Å². The fraction of sp³-hybridized carbons (Fsp3) is 0.600. The van der Waals surface area contributed by atoms with E-state index in [4.69, 9.17) is 9.47 Å². The van der Waals surface area contributed by atoms with E-state index >= 15 is 0 Å². The molecule has 0 unspecified atom stereocenters. The van der Waals surface area contributed by atoms with Crippen molar-refractivity contribution in [1.29, 1.82) is 0 Å². The number of nitrogens with one attached hydrogen (secondary N) is 1. The van der Waals surface area contributed by atoms with E-state index in [1.54, 1.807) is 7.11 Å². The van der Waals surface area contributed by atoms with Gasteiger partial charge in [0.05, 0.1) is 13.7 Å². The Morgan fingerprint density at radius 2 is 2.00 bits per heavy atom. The zero-order chi connectivity index (χ0) is 13.2. The van der Waals surface area contributed by atoms with Crippen molar-refractivity contribution in [3.8, 4) is 11.5 Å². The van der Waals surface area contributed by atoms with Gasteiger partial charge in [-0.3, -0.25) is 0 Å². The first kappa shape index (κ1) is 14.8. The predicted octanol–water partition coefficient (Wildman–Crippen LogP) is 3.37. The second-order valence-corrected chi connectivity index (χ2v) is 4.28. The molecule has 0 atom stereocenters. The molecule has 0 heterocycles. The number of unbranched alkanes of at least 4 members (excludes halogenated alkanes) is 2. The first-order chi connectivity index (χ1) is 8.83. The quantitative estimate of drug-likeness (QED) is 0.683. The molecule has 18 heavy (non-hydrogen) atoms. The standard InChI is InChI=1S/C15H25NO2/c1-4-6-7-11-18-15-13(12-16-5-2)9-8-10-14(15)17-3/h8-10,16H,4-7,11-12H2,1-3H3. The Morgan fingerprint density at radius 3 is 2.67 bits per heavy atom. The van der Waals surface area contributed by atoms with Gasteiger partial charge in [0, 0.05) is 12.1 Å². The zero-order valence-corrected chi connectivity index (χ0v) is 11.8. The van der Waals surface area contributed by atoms with Crippen LogP contribution in [0.25, 0.3) is 0 Å². The van der Waals surface area contributed by atoms with Gasteiger partial charge in [-0.25, -0.2) is 0 Å². The summed E-state index contributed by atoms with van der Waals surface area (Å²) >= 11 is 0. The minimum atomic E-state index is 0.757. The van der Waals surface area contributed by atoms with E-state index in [0.29, 0.717) is 0 Å². The maximum Gasteiger partial charge on any atom is 0.165 e. The van der Waals surface area contributed by atoms with Crippen molar-refractivity contribution < 1.29 is 9.47 Å². The fourth-order valence-corrected chi connectivity index (χ4v) is 1.81. The van der Waals surface area contributed by atoms with Crippen LogP contribution in [-0.4, -0.2) is 20.3 Å². The van der Waals surface area contributed by atoms with Crippen LogP contribution in [0.2, 0.25) is 0 Å². The molecule has 1 N–H and O–H groups in total. The average molecular weight is 251 g/mol. The average Bonchev–Trinajstić information content (AvgIpc) is 2.41. The van der Waals surface area contributed by atoms with Crippen LogP contribution in [-0.2, 0) is 6.54 Å². The second kappa shape index (κ2) is 8.81. The molecule has 0 saturated heterocycles. The van der Waals surface area contributed by atoms with Crippen molar-refractivity contribution in [1.82, 2.24) is 5.32 Å². The molecule has 0 aliphatic carbocycles. The molecule has 3 heteroatoms. The Hall–Kier alpha value is -1.22.